The predicted octanol–water partition coefficient (Wildman–Crippen LogP) is 2.28. The molecule has 0 radical (unpaired) electrons. The third-order valence-electron chi connectivity index (χ3n) is 3.65. The molecular weight excluding hydrogens is 224 g/mol. The third-order valence-corrected chi connectivity index (χ3v) is 3.65. The molecule has 1 aromatic rings. The highest BCUT2D eigenvalue weighted by Crippen LogP contribution is 2.16. The summed E-state index contributed by atoms with van der Waals surface area (Å²) in [7, 11) is 0. The molecule has 4 nitrogen and oxygen atoms in total. The van der Waals surface area contributed by atoms with Crippen LogP contribution in [0.4, 0.5) is 0 Å². The van der Waals surface area contributed by atoms with Crippen molar-refractivity contribution in [1.29, 1.82) is 0 Å². The highest BCUT2D eigenvalue weighted by atomic mass is 15.3. The molecule has 0 bridgehead atoms. The van der Waals surface area contributed by atoms with Crippen molar-refractivity contribution in [1.82, 2.24) is 15.2 Å². The fraction of sp³-hybridized carbons (Fsp3) is 0.786. The normalized spacial score (nSPS) is 14.7. The molecular formula is C14H28N4. The number of hydrogen-bond acceptors (Lipinski definition) is 3. The Hall–Kier alpha value is -0.870. The van der Waals surface area contributed by atoms with Gasteiger partial charge < -0.3 is 0 Å². The molecule has 2 unspecified atom stereocenters. The molecule has 0 aliphatic rings. The zero-order valence-corrected chi connectivity index (χ0v) is 12.2. The van der Waals surface area contributed by atoms with E-state index in [1.807, 2.05) is 0 Å². The first kappa shape index (κ1) is 15.2. The summed E-state index contributed by atoms with van der Waals surface area (Å²) in [5.41, 5.74) is 5.44. The van der Waals surface area contributed by atoms with Crippen LogP contribution in [0.3, 0.4) is 0 Å². The minimum atomic E-state index is 0.330. The van der Waals surface area contributed by atoms with Crippen LogP contribution in [-0.4, -0.2) is 15.8 Å². The zero-order chi connectivity index (χ0) is 13.5. The van der Waals surface area contributed by atoms with Gasteiger partial charge in [0, 0.05) is 24.7 Å². The molecule has 18 heavy (non-hydrogen) atoms. The smallest absolute Gasteiger partial charge is 0.0624 e. The fourth-order valence-corrected chi connectivity index (χ4v) is 2.43. The topological polar surface area (TPSA) is 55.9 Å². The number of aryl methyl sites for hydroxylation is 2. The van der Waals surface area contributed by atoms with Crippen LogP contribution in [0.5, 0.6) is 0 Å². The molecule has 3 N–H and O–H groups in total. The summed E-state index contributed by atoms with van der Waals surface area (Å²) < 4.78 is 2.10. The van der Waals surface area contributed by atoms with E-state index in [-0.39, 0.29) is 0 Å². The molecule has 1 aromatic heterocycles. The second-order valence-corrected chi connectivity index (χ2v) is 5.04. The summed E-state index contributed by atoms with van der Waals surface area (Å²) in [6.45, 7) is 9.69. The second kappa shape index (κ2) is 7.54. The first-order valence-electron chi connectivity index (χ1n) is 7.17. The van der Waals surface area contributed by atoms with Gasteiger partial charge in [-0.3, -0.25) is 16.0 Å². The van der Waals surface area contributed by atoms with E-state index in [2.05, 4.69) is 49.0 Å². The van der Waals surface area contributed by atoms with Crippen LogP contribution in [0.1, 0.15) is 51.9 Å². The Bertz CT molecular complexity index is 346. The highest BCUT2D eigenvalue weighted by molar-refractivity contribution is 5.12. The fourth-order valence-electron chi connectivity index (χ4n) is 2.43. The molecule has 104 valence electrons. The van der Waals surface area contributed by atoms with Crippen LogP contribution in [0.25, 0.3) is 0 Å². The summed E-state index contributed by atoms with van der Waals surface area (Å²) >= 11 is 0. The number of nitrogens with zero attached hydrogens (tertiary/aromatic N) is 2. The molecule has 4 heteroatoms. The Kier molecular flexibility index (Phi) is 6.36. The molecule has 0 spiro atoms. The van der Waals surface area contributed by atoms with Crippen molar-refractivity contribution in [2.75, 3.05) is 0 Å². The molecule has 2 atom stereocenters. The Morgan fingerprint density at radius 1 is 1.39 bits per heavy atom. The molecule has 0 aliphatic heterocycles. The van der Waals surface area contributed by atoms with E-state index in [1.165, 1.54) is 24.2 Å². The van der Waals surface area contributed by atoms with Gasteiger partial charge in [0.05, 0.1) is 5.69 Å². The number of hydrazine groups is 1. The maximum Gasteiger partial charge on any atom is 0.0624 e. The molecule has 0 aromatic carbocycles. The van der Waals surface area contributed by atoms with Crippen molar-refractivity contribution in [3.63, 3.8) is 0 Å². The van der Waals surface area contributed by atoms with E-state index in [0.29, 0.717) is 12.0 Å². The summed E-state index contributed by atoms with van der Waals surface area (Å²) in [5, 5.41) is 4.59. The van der Waals surface area contributed by atoms with Gasteiger partial charge in [0.15, 0.2) is 0 Å². The maximum absolute atomic E-state index is 5.70. The van der Waals surface area contributed by atoms with Crippen molar-refractivity contribution in [3.8, 4) is 0 Å². The van der Waals surface area contributed by atoms with Crippen LogP contribution in [-0.2, 0) is 19.4 Å². The Morgan fingerprint density at radius 2 is 2.11 bits per heavy atom. The van der Waals surface area contributed by atoms with Crippen molar-refractivity contribution in [3.05, 3.63) is 17.5 Å². The first-order chi connectivity index (χ1) is 8.65. The Labute approximate surface area is 111 Å². The quantitative estimate of drug-likeness (QED) is 0.551. The van der Waals surface area contributed by atoms with Crippen molar-refractivity contribution in [2.45, 2.75) is 66.0 Å². The number of nitrogens with two attached hydrogens (primary N) is 1. The van der Waals surface area contributed by atoms with Crippen molar-refractivity contribution >= 4 is 0 Å². The third kappa shape index (κ3) is 3.82. The summed E-state index contributed by atoms with van der Waals surface area (Å²) in [5.74, 6) is 6.29. The number of hydrogen-bond donors (Lipinski definition) is 2. The number of nitrogens with one attached hydrogen (secondary N) is 1. The van der Waals surface area contributed by atoms with E-state index >= 15 is 0 Å². The van der Waals surface area contributed by atoms with Crippen LogP contribution >= 0.6 is 0 Å². The molecule has 0 amide bonds. The number of aromatic nitrogens is 2. The van der Waals surface area contributed by atoms with Crippen LogP contribution in [0.15, 0.2) is 6.07 Å². The largest absolute Gasteiger partial charge is 0.271 e. The highest BCUT2D eigenvalue weighted by Gasteiger charge is 2.18. The van der Waals surface area contributed by atoms with E-state index < -0.39 is 0 Å². The Balaban J connectivity index is 2.77. The first-order valence-corrected chi connectivity index (χ1v) is 7.17. The van der Waals surface area contributed by atoms with Crippen molar-refractivity contribution in [2.24, 2.45) is 11.8 Å². The summed E-state index contributed by atoms with van der Waals surface area (Å²) in [6.07, 6.45) is 4.35. The van der Waals surface area contributed by atoms with Gasteiger partial charge >= 0.3 is 0 Å². The lowest BCUT2D eigenvalue weighted by Gasteiger charge is -2.23. The molecule has 0 saturated carbocycles. The summed E-state index contributed by atoms with van der Waals surface area (Å²) in [6, 6.07) is 2.55. The van der Waals surface area contributed by atoms with Gasteiger partial charge in [0.2, 0.25) is 0 Å². The predicted molar refractivity (Wildman–Crippen MR) is 76.2 cm³/mol. The van der Waals surface area contributed by atoms with E-state index in [9.17, 15) is 0 Å². The van der Waals surface area contributed by atoms with Crippen LogP contribution in [0, 0.1) is 5.92 Å². The molecule has 1 rings (SSSR count). The standard InChI is InChI=1S/C14H28N4/c1-5-8-11(4)14(16-15)10-13-9-12(6-2)17-18(13)7-3/h9,11,14,16H,5-8,10,15H2,1-4H3. The lowest BCUT2D eigenvalue weighted by molar-refractivity contribution is 0.350. The molecule has 0 saturated heterocycles. The van der Waals surface area contributed by atoms with E-state index in [4.69, 9.17) is 5.84 Å². The average molecular weight is 252 g/mol. The van der Waals surface area contributed by atoms with Gasteiger partial charge in [-0.25, -0.2) is 0 Å². The van der Waals surface area contributed by atoms with Crippen molar-refractivity contribution < 1.29 is 0 Å². The van der Waals surface area contributed by atoms with E-state index in [1.54, 1.807) is 0 Å². The SMILES string of the molecule is CCCC(C)C(Cc1cc(CC)nn1CC)NN. The molecule has 0 aliphatic carbocycles. The zero-order valence-electron chi connectivity index (χ0n) is 12.2. The van der Waals surface area contributed by atoms with E-state index in [0.717, 1.165) is 19.4 Å². The monoisotopic (exact) mass is 252 g/mol. The number of rotatable bonds is 8. The minimum absolute atomic E-state index is 0.330. The Morgan fingerprint density at radius 3 is 2.61 bits per heavy atom. The lowest BCUT2D eigenvalue weighted by Crippen LogP contribution is -2.42. The minimum Gasteiger partial charge on any atom is -0.271 e. The van der Waals surface area contributed by atoms with Gasteiger partial charge in [-0.05, 0) is 31.7 Å². The van der Waals surface area contributed by atoms with Gasteiger partial charge in [-0.2, -0.15) is 5.10 Å². The lowest BCUT2D eigenvalue weighted by atomic mass is 9.93. The van der Waals surface area contributed by atoms with Gasteiger partial charge in [-0.15, -0.1) is 0 Å². The maximum atomic E-state index is 5.70. The summed E-state index contributed by atoms with van der Waals surface area (Å²) in [4.78, 5) is 0. The van der Waals surface area contributed by atoms with Gasteiger partial charge in [0.1, 0.15) is 0 Å². The van der Waals surface area contributed by atoms with Crippen LogP contribution < -0.4 is 11.3 Å². The van der Waals surface area contributed by atoms with Crippen LogP contribution in [0.2, 0.25) is 0 Å². The molecule has 1 heterocycles. The second-order valence-electron chi connectivity index (χ2n) is 5.04. The average Bonchev–Trinajstić information content (AvgIpc) is 2.78. The van der Waals surface area contributed by atoms with Gasteiger partial charge in [0.25, 0.3) is 0 Å². The van der Waals surface area contributed by atoms with Gasteiger partial charge in [-0.1, -0.05) is 27.2 Å². The molecule has 0 fully saturated rings.